The van der Waals surface area contributed by atoms with Crippen LogP contribution in [0.4, 0.5) is 0 Å². The zero-order valence-electron chi connectivity index (χ0n) is 18.7. The van der Waals surface area contributed by atoms with Crippen LogP contribution in [0.25, 0.3) is 0 Å². The Bertz CT molecular complexity index is 341. The van der Waals surface area contributed by atoms with E-state index in [4.69, 9.17) is 8.85 Å². The van der Waals surface area contributed by atoms with Gasteiger partial charge in [-0.3, -0.25) is 0 Å². The van der Waals surface area contributed by atoms with E-state index in [0.717, 1.165) is 13.2 Å². The average Bonchev–Trinajstić information content (AvgIpc) is 2.43. The van der Waals surface area contributed by atoms with Gasteiger partial charge in [0.15, 0.2) is 16.6 Å². The molecule has 0 aromatic carbocycles. The predicted molar refractivity (Wildman–Crippen MR) is 127 cm³/mol. The van der Waals surface area contributed by atoms with Crippen molar-refractivity contribution in [2.75, 3.05) is 17.6 Å². The fourth-order valence-corrected chi connectivity index (χ4v) is 4.71. The largest absolute Gasteiger partial charge is 0.416 e. The van der Waals surface area contributed by atoms with Gasteiger partial charge in [0.25, 0.3) is 0 Å². The molecule has 0 saturated carbocycles. The summed E-state index contributed by atoms with van der Waals surface area (Å²) in [7, 11) is -3.36. The van der Waals surface area contributed by atoms with E-state index in [1.54, 1.807) is 0 Å². The molecule has 0 N–H and O–H groups in total. The van der Waals surface area contributed by atoms with Crippen molar-refractivity contribution < 1.29 is 8.85 Å². The third-order valence-electron chi connectivity index (χ3n) is 6.22. The van der Waals surface area contributed by atoms with Crippen molar-refractivity contribution in [3.63, 3.8) is 0 Å². The summed E-state index contributed by atoms with van der Waals surface area (Å²) < 4.78 is 14.3. The van der Waals surface area contributed by atoms with Crippen molar-refractivity contribution in [3.05, 3.63) is 0 Å². The van der Waals surface area contributed by atoms with Gasteiger partial charge in [0.2, 0.25) is 0 Å². The zero-order chi connectivity index (χ0) is 19.9. The van der Waals surface area contributed by atoms with E-state index in [1.807, 2.05) is 0 Å². The van der Waals surface area contributed by atoms with Crippen molar-refractivity contribution in [1.29, 1.82) is 0 Å². The highest BCUT2D eigenvalue weighted by Crippen LogP contribution is 2.38. The lowest BCUT2D eigenvalue weighted by Gasteiger charge is -2.39. The normalized spacial score (nSPS) is 14.4. The van der Waals surface area contributed by atoms with Crippen LogP contribution in [-0.4, -0.2) is 34.3 Å². The molecule has 0 aliphatic carbocycles. The van der Waals surface area contributed by atoms with Gasteiger partial charge in [0.1, 0.15) is 0 Å². The first-order valence-electron chi connectivity index (χ1n) is 9.98. The number of halogens is 1. The van der Waals surface area contributed by atoms with Gasteiger partial charge >= 0.3 is 0 Å². The molecule has 0 fully saturated rings. The van der Waals surface area contributed by atoms with Crippen molar-refractivity contribution in [3.8, 4) is 0 Å². The molecule has 0 aromatic heterocycles. The lowest BCUT2D eigenvalue weighted by Crippen LogP contribution is -2.44. The summed E-state index contributed by atoms with van der Waals surface area (Å²) in [6, 6.07) is 0. The molecule has 2 nitrogen and oxygen atoms in total. The Hall–Kier alpha value is 1.08. The maximum absolute atomic E-state index is 6.54. The highest BCUT2D eigenvalue weighted by atomic mass is 127. The summed E-state index contributed by atoms with van der Waals surface area (Å²) in [5, 5.41) is 0.554. The summed E-state index contributed by atoms with van der Waals surface area (Å²) in [5.74, 6) is 0.539. The highest BCUT2D eigenvalue weighted by Gasteiger charge is 2.39. The molecule has 0 atom stereocenters. The van der Waals surface area contributed by atoms with E-state index in [0.29, 0.717) is 5.92 Å². The van der Waals surface area contributed by atoms with Gasteiger partial charge in [-0.15, -0.1) is 0 Å². The Morgan fingerprint density at radius 2 is 1.12 bits per heavy atom. The van der Waals surface area contributed by atoms with E-state index >= 15 is 0 Å². The first kappa shape index (κ1) is 26.1. The van der Waals surface area contributed by atoms with Gasteiger partial charge in [-0.1, -0.05) is 77.0 Å². The molecule has 152 valence electrons. The van der Waals surface area contributed by atoms with E-state index in [1.165, 1.54) is 30.1 Å². The summed E-state index contributed by atoms with van der Waals surface area (Å²) in [6.07, 6.45) is 5.20. The standard InChI is InChI=1S/C20H45IO2Si2/c1-19(2,3)24(7,8)22-16-18(14-12-11-13-15-21)17-23-25(9,10)20(4,5)6/h18H,11-17H2,1-10H3. The molecule has 0 aliphatic rings. The minimum absolute atomic E-state index is 0.277. The minimum atomic E-state index is -1.68. The third-order valence-corrected chi connectivity index (χ3v) is 16.0. The van der Waals surface area contributed by atoms with Crippen LogP contribution in [0.3, 0.4) is 0 Å². The van der Waals surface area contributed by atoms with Crippen LogP contribution in [-0.2, 0) is 8.85 Å². The molecule has 0 saturated heterocycles. The number of hydrogen-bond donors (Lipinski definition) is 0. The second kappa shape index (κ2) is 10.6. The van der Waals surface area contributed by atoms with Crippen LogP contribution >= 0.6 is 22.6 Å². The molecular formula is C20H45IO2Si2. The predicted octanol–water partition coefficient (Wildman–Crippen LogP) is 7.64. The first-order chi connectivity index (χ1) is 11.1. The van der Waals surface area contributed by atoms with Gasteiger partial charge in [-0.25, -0.2) is 0 Å². The van der Waals surface area contributed by atoms with Crippen molar-refractivity contribution in [1.82, 2.24) is 0 Å². The Morgan fingerprint density at radius 1 is 0.720 bits per heavy atom. The first-order valence-corrected chi connectivity index (χ1v) is 17.3. The van der Waals surface area contributed by atoms with Crippen molar-refractivity contribution in [2.24, 2.45) is 5.92 Å². The lowest BCUT2D eigenvalue weighted by molar-refractivity contribution is 0.149. The Balaban J connectivity index is 4.76. The molecule has 0 bridgehead atoms. The van der Waals surface area contributed by atoms with Crippen LogP contribution in [0.2, 0.25) is 36.3 Å². The molecule has 5 heteroatoms. The number of unbranched alkanes of at least 4 members (excludes halogenated alkanes) is 2. The van der Waals surface area contributed by atoms with E-state index < -0.39 is 16.6 Å². The fourth-order valence-electron chi connectivity index (χ4n) is 2.00. The van der Waals surface area contributed by atoms with Gasteiger partial charge in [0, 0.05) is 19.1 Å². The lowest BCUT2D eigenvalue weighted by atomic mass is 10.0. The molecule has 0 aromatic rings. The van der Waals surface area contributed by atoms with Gasteiger partial charge in [0.05, 0.1) is 0 Å². The Morgan fingerprint density at radius 3 is 1.44 bits per heavy atom. The highest BCUT2D eigenvalue weighted by molar-refractivity contribution is 14.1. The molecule has 0 radical (unpaired) electrons. The summed E-state index contributed by atoms with van der Waals surface area (Å²) >= 11 is 2.48. The quantitative estimate of drug-likeness (QED) is 0.126. The third kappa shape index (κ3) is 9.72. The van der Waals surface area contributed by atoms with E-state index in [9.17, 15) is 0 Å². The van der Waals surface area contributed by atoms with Crippen LogP contribution in [0.1, 0.15) is 67.2 Å². The summed E-state index contributed by atoms with van der Waals surface area (Å²) in [5.41, 5.74) is 0. The maximum atomic E-state index is 6.54. The molecule has 0 amide bonds. The van der Waals surface area contributed by atoms with Crippen molar-refractivity contribution in [2.45, 2.75) is 103 Å². The fraction of sp³-hybridized carbons (Fsp3) is 1.00. The molecule has 25 heavy (non-hydrogen) atoms. The molecular weight excluding hydrogens is 455 g/mol. The smallest absolute Gasteiger partial charge is 0.191 e. The number of alkyl halides is 1. The Kier molecular flexibility index (Phi) is 11.0. The van der Waals surface area contributed by atoms with Gasteiger partial charge < -0.3 is 8.85 Å². The molecule has 0 aliphatic heterocycles. The Labute approximate surface area is 174 Å². The topological polar surface area (TPSA) is 18.5 Å². The molecule has 0 heterocycles. The monoisotopic (exact) mass is 500 g/mol. The van der Waals surface area contributed by atoms with E-state index in [-0.39, 0.29) is 10.1 Å². The number of rotatable bonds is 11. The van der Waals surface area contributed by atoms with Gasteiger partial charge in [-0.05, 0) is 53.5 Å². The summed E-state index contributed by atoms with van der Waals surface area (Å²) in [4.78, 5) is 0. The zero-order valence-corrected chi connectivity index (χ0v) is 22.9. The molecule has 0 rings (SSSR count). The SMILES string of the molecule is CC(C)(C)[Si](C)(C)OCC(CCCCCI)CO[Si](C)(C)C(C)(C)C. The van der Waals surface area contributed by atoms with Crippen molar-refractivity contribution >= 4 is 39.2 Å². The maximum Gasteiger partial charge on any atom is 0.191 e. The molecule has 0 unspecified atom stereocenters. The molecule has 0 spiro atoms. The second-order valence-corrected chi connectivity index (χ2v) is 21.2. The second-order valence-electron chi connectivity index (χ2n) is 10.5. The minimum Gasteiger partial charge on any atom is -0.416 e. The van der Waals surface area contributed by atoms with Crippen LogP contribution in [0.5, 0.6) is 0 Å². The van der Waals surface area contributed by atoms with Crippen LogP contribution in [0, 0.1) is 5.92 Å². The van der Waals surface area contributed by atoms with Crippen LogP contribution < -0.4 is 0 Å². The number of hydrogen-bond acceptors (Lipinski definition) is 2. The summed E-state index contributed by atoms with van der Waals surface area (Å²) in [6.45, 7) is 25.1. The van der Waals surface area contributed by atoms with Gasteiger partial charge in [-0.2, -0.15) is 0 Å². The van der Waals surface area contributed by atoms with Crippen LogP contribution in [0.15, 0.2) is 0 Å². The average molecular weight is 501 g/mol. The van der Waals surface area contributed by atoms with E-state index in [2.05, 4.69) is 90.3 Å².